The van der Waals surface area contributed by atoms with E-state index in [0.29, 0.717) is 23.0 Å². The third-order valence-corrected chi connectivity index (χ3v) is 7.83. The zero-order chi connectivity index (χ0) is 30.7. The molecule has 0 fully saturated rings. The number of benzene rings is 4. The molecule has 0 heterocycles. The Morgan fingerprint density at radius 2 is 1.02 bits per heavy atom. The molecule has 0 amide bonds. The summed E-state index contributed by atoms with van der Waals surface area (Å²) in [5.41, 5.74) is 6.63. The van der Waals surface area contributed by atoms with Gasteiger partial charge in [-0.3, -0.25) is 0 Å². The maximum atomic E-state index is 10.3. The minimum atomic E-state index is -0.913. The van der Waals surface area contributed by atoms with Crippen LogP contribution in [0.3, 0.4) is 0 Å². The molecule has 0 spiro atoms. The van der Waals surface area contributed by atoms with Crippen molar-refractivity contribution in [2.24, 2.45) is 0 Å². The summed E-state index contributed by atoms with van der Waals surface area (Å²) >= 11 is 0. The van der Waals surface area contributed by atoms with E-state index in [2.05, 4.69) is 37.4 Å². The fraction of sp³-hybridized carbons (Fsp3) is 0.243. The van der Waals surface area contributed by atoms with Crippen LogP contribution in [-0.2, 0) is 5.41 Å². The highest BCUT2D eigenvalue weighted by molar-refractivity contribution is 5.88. The summed E-state index contributed by atoms with van der Waals surface area (Å²) < 4.78 is 24.5. The Balaban J connectivity index is 1.96. The summed E-state index contributed by atoms with van der Waals surface area (Å²) in [7, 11) is 0. The average Bonchev–Trinajstić information content (AvgIpc) is 3.29. The number of ether oxygens (including phenoxy) is 4. The molecule has 2 N–H and O–H groups in total. The lowest BCUT2D eigenvalue weighted by Crippen LogP contribution is -2.31. The molecule has 2 atom stereocenters. The molecule has 0 aliphatic heterocycles. The SMILES string of the molecule is C=COc1ccc(C2(c3ccc(OC=C)c(C)c3OCC(C)O)c3ccccc3-c3ccccc32)c(OCC(C)O)c1C. The zero-order valence-corrected chi connectivity index (χ0v) is 25.1. The van der Waals surface area contributed by atoms with Crippen molar-refractivity contribution >= 4 is 0 Å². The van der Waals surface area contributed by atoms with Gasteiger partial charge in [0.15, 0.2) is 0 Å². The molecule has 0 saturated heterocycles. The highest BCUT2D eigenvalue weighted by Gasteiger charge is 2.50. The van der Waals surface area contributed by atoms with Crippen molar-refractivity contribution in [3.05, 3.63) is 132 Å². The molecule has 4 aromatic carbocycles. The molecule has 5 rings (SSSR count). The second kappa shape index (κ2) is 12.4. The lowest BCUT2D eigenvalue weighted by molar-refractivity contribution is 0.120. The van der Waals surface area contributed by atoms with Gasteiger partial charge in [0, 0.05) is 22.3 Å². The van der Waals surface area contributed by atoms with E-state index in [1.807, 2.05) is 62.4 Å². The highest BCUT2D eigenvalue weighted by Crippen LogP contribution is 2.61. The highest BCUT2D eigenvalue weighted by atomic mass is 16.5. The van der Waals surface area contributed by atoms with Crippen LogP contribution in [0.5, 0.6) is 23.0 Å². The van der Waals surface area contributed by atoms with Crippen molar-refractivity contribution in [1.82, 2.24) is 0 Å². The average molecular weight is 579 g/mol. The van der Waals surface area contributed by atoms with Gasteiger partial charge in [-0.15, -0.1) is 0 Å². The quantitative estimate of drug-likeness (QED) is 0.152. The Kier molecular flexibility index (Phi) is 8.62. The van der Waals surface area contributed by atoms with Crippen LogP contribution in [0.4, 0.5) is 0 Å². The first-order valence-corrected chi connectivity index (χ1v) is 14.4. The number of hydrogen-bond donors (Lipinski definition) is 2. The van der Waals surface area contributed by atoms with Crippen LogP contribution >= 0.6 is 0 Å². The minimum Gasteiger partial charge on any atom is -0.490 e. The first-order chi connectivity index (χ1) is 20.7. The van der Waals surface area contributed by atoms with Gasteiger partial charge in [0.05, 0.1) is 30.1 Å². The van der Waals surface area contributed by atoms with Gasteiger partial charge >= 0.3 is 0 Å². The maximum absolute atomic E-state index is 10.3. The third-order valence-electron chi connectivity index (χ3n) is 7.83. The van der Waals surface area contributed by atoms with E-state index in [9.17, 15) is 10.2 Å². The van der Waals surface area contributed by atoms with Crippen molar-refractivity contribution in [1.29, 1.82) is 0 Å². The Labute approximate surface area is 253 Å². The molecule has 0 saturated carbocycles. The van der Waals surface area contributed by atoms with Gasteiger partial charge in [-0.25, -0.2) is 0 Å². The van der Waals surface area contributed by atoms with Crippen LogP contribution in [0.1, 0.15) is 47.2 Å². The van der Waals surface area contributed by atoms with Crippen LogP contribution in [0.25, 0.3) is 11.1 Å². The second-order valence-corrected chi connectivity index (χ2v) is 10.9. The predicted octanol–water partition coefficient (Wildman–Crippen LogP) is 7.23. The van der Waals surface area contributed by atoms with Crippen molar-refractivity contribution in [3.8, 4) is 34.1 Å². The van der Waals surface area contributed by atoms with Gasteiger partial charge in [-0.05, 0) is 62.1 Å². The van der Waals surface area contributed by atoms with Crippen LogP contribution in [0, 0.1) is 13.8 Å². The Morgan fingerprint density at radius 3 is 1.40 bits per heavy atom. The van der Waals surface area contributed by atoms with E-state index < -0.39 is 17.6 Å². The predicted molar refractivity (Wildman–Crippen MR) is 169 cm³/mol. The normalized spacial score (nSPS) is 14.2. The van der Waals surface area contributed by atoms with E-state index >= 15 is 0 Å². The molecule has 1 aliphatic rings. The number of aliphatic hydroxyl groups excluding tert-OH is 2. The topological polar surface area (TPSA) is 77.4 Å². The summed E-state index contributed by atoms with van der Waals surface area (Å²) in [6, 6.07) is 24.6. The molecule has 0 bridgehead atoms. The van der Waals surface area contributed by atoms with Crippen LogP contribution in [0.2, 0.25) is 0 Å². The van der Waals surface area contributed by atoms with Gasteiger partial charge in [0.2, 0.25) is 0 Å². The van der Waals surface area contributed by atoms with Gasteiger partial charge in [-0.1, -0.05) is 73.8 Å². The lowest BCUT2D eigenvalue weighted by Gasteiger charge is -2.37. The minimum absolute atomic E-state index is 0.0846. The van der Waals surface area contributed by atoms with E-state index in [-0.39, 0.29) is 13.2 Å². The zero-order valence-electron chi connectivity index (χ0n) is 25.1. The molecule has 2 unspecified atom stereocenters. The van der Waals surface area contributed by atoms with E-state index in [1.165, 1.54) is 12.5 Å². The van der Waals surface area contributed by atoms with Crippen molar-refractivity contribution in [2.45, 2.75) is 45.3 Å². The third kappa shape index (κ3) is 5.18. The Morgan fingerprint density at radius 1 is 0.628 bits per heavy atom. The van der Waals surface area contributed by atoms with Crippen molar-refractivity contribution in [2.75, 3.05) is 13.2 Å². The standard InChI is InChI=1S/C37H38O6/c1-7-40-33-19-17-31(35(25(33)5)42-21-23(3)38)37(29-15-11-9-13-27(29)28-14-10-12-16-30(28)37)32-18-20-34(41-8-2)26(6)36(32)43-22-24(4)39/h7-20,23-24,38-39H,1-2,21-22H2,3-6H3. The molecule has 0 radical (unpaired) electrons. The molecule has 0 aromatic heterocycles. The summed E-state index contributed by atoms with van der Waals surface area (Å²) in [6.45, 7) is 14.9. The van der Waals surface area contributed by atoms with E-state index in [4.69, 9.17) is 18.9 Å². The lowest BCUT2D eigenvalue weighted by atomic mass is 9.66. The van der Waals surface area contributed by atoms with Gasteiger partial charge in [0.1, 0.15) is 36.2 Å². The monoisotopic (exact) mass is 578 g/mol. The van der Waals surface area contributed by atoms with Crippen LogP contribution in [-0.4, -0.2) is 35.6 Å². The molecule has 6 heteroatoms. The summed E-state index contributed by atoms with van der Waals surface area (Å²) in [5.74, 6) is 2.39. The maximum Gasteiger partial charge on any atom is 0.133 e. The molecule has 43 heavy (non-hydrogen) atoms. The molecule has 222 valence electrons. The Hall–Kier alpha value is -4.52. The molecule has 6 nitrogen and oxygen atoms in total. The number of fused-ring (bicyclic) bond motifs is 3. The number of rotatable bonds is 12. The molecule has 1 aliphatic carbocycles. The first kappa shape index (κ1) is 30.0. The largest absolute Gasteiger partial charge is 0.490 e. The van der Waals surface area contributed by atoms with E-state index in [0.717, 1.165) is 44.5 Å². The summed E-state index contributed by atoms with van der Waals surface area (Å²) in [6.07, 6.45) is 1.39. The van der Waals surface area contributed by atoms with Gasteiger partial charge < -0.3 is 29.2 Å². The van der Waals surface area contributed by atoms with Crippen LogP contribution in [0.15, 0.2) is 98.5 Å². The number of aliphatic hydroxyl groups is 2. The Bertz CT molecular complexity index is 1530. The van der Waals surface area contributed by atoms with Crippen molar-refractivity contribution in [3.63, 3.8) is 0 Å². The smallest absolute Gasteiger partial charge is 0.133 e. The first-order valence-electron chi connectivity index (χ1n) is 14.4. The fourth-order valence-electron chi connectivity index (χ4n) is 6.11. The molecular formula is C37H38O6. The fourth-order valence-corrected chi connectivity index (χ4v) is 6.11. The van der Waals surface area contributed by atoms with Crippen molar-refractivity contribution < 1.29 is 29.2 Å². The van der Waals surface area contributed by atoms with Gasteiger partial charge in [-0.2, -0.15) is 0 Å². The summed E-state index contributed by atoms with van der Waals surface area (Å²) in [5, 5.41) is 20.6. The second-order valence-electron chi connectivity index (χ2n) is 10.9. The molecule has 4 aromatic rings. The van der Waals surface area contributed by atoms with Crippen LogP contribution < -0.4 is 18.9 Å². The summed E-state index contributed by atoms with van der Waals surface area (Å²) in [4.78, 5) is 0. The molecular weight excluding hydrogens is 540 g/mol. The number of hydrogen-bond acceptors (Lipinski definition) is 6. The van der Waals surface area contributed by atoms with Gasteiger partial charge in [0.25, 0.3) is 0 Å². The van der Waals surface area contributed by atoms with E-state index in [1.54, 1.807) is 13.8 Å².